The SMILES string of the molecule is COc1ccc(N(CCCC(=O)N(Cc2cccc(C)c2)[C@@H](C)C(=O)NC(C)C)S(C)(=O)=O)cc1Cl. The Labute approximate surface area is 219 Å². The number of carbonyl (C=O) groups excluding carboxylic acids is 2. The van der Waals surface area contributed by atoms with Gasteiger partial charge in [0.1, 0.15) is 11.8 Å². The van der Waals surface area contributed by atoms with Crippen LogP contribution in [0.4, 0.5) is 5.69 Å². The first-order valence-electron chi connectivity index (χ1n) is 11.8. The van der Waals surface area contributed by atoms with Crippen LogP contribution in [-0.2, 0) is 26.2 Å². The second kappa shape index (κ2) is 13.0. The van der Waals surface area contributed by atoms with Crippen LogP contribution >= 0.6 is 11.6 Å². The van der Waals surface area contributed by atoms with Gasteiger partial charge in [-0.15, -0.1) is 0 Å². The van der Waals surface area contributed by atoms with Crippen LogP contribution in [0.1, 0.15) is 44.7 Å². The van der Waals surface area contributed by atoms with E-state index in [0.29, 0.717) is 11.4 Å². The number of hydrogen-bond acceptors (Lipinski definition) is 5. The van der Waals surface area contributed by atoms with Gasteiger partial charge in [-0.3, -0.25) is 13.9 Å². The minimum absolute atomic E-state index is 0.0597. The number of methoxy groups -OCH3 is 1. The van der Waals surface area contributed by atoms with Crippen LogP contribution in [0.15, 0.2) is 42.5 Å². The average molecular weight is 538 g/mol. The Hall–Kier alpha value is -2.78. The smallest absolute Gasteiger partial charge is 0.242 e. The third-order valence-electron chi connectivity index (χ3n) is 5.61. The second-order valence-electron chi connectivity index (χ2n) is 9.11. The zero-order valence-electron chi connectivity index (χ0n) is 21.7. The van der Waals surface area contributed by atoms with Crippen LogP contribution in [-0.4, -0.2) is 57.1 Å². The van der Waals surface area contributed by atoms with E-state index in [-0.39, 0.29) is 48.8 Å². The highest BCUT2D eigenvalue weighted by Crippen LogP contribution is 2.30. The fourth-order valence-corrected chi connectivity index (χ4v) is 5.02. The number of rotatable bonds is 12. The van der Waals surface area contributed by atoms with Gasteiger partial charge in [0.2, 0.25) is 21.8 Å². The van der Waals surface area contributed by atoms with E-state index in [2.05, 4.69) is 5.32 Å². The summed E-state index contributed by atoms with van der Waals surface area (Å²) < 4.78 is 31.3. The maximum atomic E-state index is 13.3. The van der Waals surface area contributed by atoms with Crippen molar-refractivity contribution in [1.29, 1.82) is 0 Å². The standard InChI is InChI=1S/C26H36ClN3O5S/c1-18(2)28-26(32)20(4)29(17-21-10-7-9-19(3)15-21)25(31)11-8-14-30(36(6,33)34)22-12-13-24(35-5)23(27)16-22/h7,9-10,12-13,15-16,18,20H,8,11,14,17H2,1-6H3,(H,28,32)/t20-/m0/s1. The average Bonchev–Trinajstić information content (AvgIpc) is 2.78. The Morgan fingerprint density at radius 1 is 1.11 bits per heavy atom. The Kier molecular flexibility index (Phi) is 10.6. The third kappa shape index (κ3) is 8.41. The normalized spacial score (nSPS) is 12.2. The zero-order chi connectivity index (χ0) is 27.0. The summed E-state index contributed by atoms with van der Waals surface area (Å²) in [5.41, 5.74) is 2.36. The van der Waals surface area contributed by atoms with Crippen LogP contribution in [0, 0.1) is 6.92 Å². The summed E-state index contributed by atoms with van der Waals surface area (Å²) in [5, 5.41) is 3.15. The molecule has 2 rings (SSSR count). The molecule has 2 amide bonds. The maximum Gasteiger partial charge on any atom is 0.242 e. The van der Waals surface area contributed by atoms with Gasteiger partial charge in [0.05, 0.1) is 24.1 Å². The molecule has 0 spiro atoms. The van der Waals surface area contributed by atoms with Crippen molar-refractivity contribution in [3.63, 3.8) is 0 Å². The highest BCUT2D eigenvalue weighted by molar-refractivity contribution is 7.92. The second-order valence-corrected chi connectivity index (χ2v) is 11.4. The molecular formula is C26H36ClN3O5S. The number of benzene rings is 2. The van der Waals surface area contributed by atoms with Crippen LogP contribution in [0.5, 0.6) is 5.75 Å². The van der Waals surface area contributed by atoms with Gasteiger partial charge >= 0.3 is 0 Å². The number of halogens is 1. The van der Waals surface area contributed by atoms with Crippen LogP contribution in [0.2, 0.25) is 5.02 Å². The van der Waals surface area contributed by atoms with Crippen molar-refractivity contribution in [2.24, 2.45) is 0 Å². The largest absolute Gasteiger partial charge is 0.495 e. The summed E-state index contributed by atoms with van der Waals surface area (Å²) in [6, 6.07) is 11.8. The first kappa shape index (κ1) is 29.5. The summed E-state index contributed by atoms with van der Waals surface area (Å²) in [6.07, 6.45) is 1.44. The predicted molar refractivity (Wildman–Crippen MR) is 144 cm³/mol. The highest BCUT2D eigenvalue weighted by atomic mass is 35.5. The number of carbonyl (C=O) groups is 2. The van der Waals surface area contributed by atoms with E-state index in [4.69, 9.17) is 16.3 Å². The van der Waals surface area contributed by atoms with Crippen molar-refractivity contribution in [3.05, 3.63) is 58.6 Å². The molecule has 0 aromatic heterocycles. The highest BCUT2D eigenvalue weighted by Gasteiger charge is 2.27. The molecule has 0 fully saturated rings. The lowest BCUT2D eigenvalue weighted by Gasteiger charge is -2.30. The number of hydrogen-bond donors (Lipinski definition) is 1. The van der Waals surface area contributed by atoms with E-state index in [9.17, 15) is 18.0 Å². The third-order valence-corrected chi connectivity index (χ3v) is 7.10. The molecule has 0 aliphatic rings. The number of nitrogens with one attached hydrogen (secondary N) is 1. The first-order chi connectivity index (χ1) is 16.8. The Morgan fingerprint density at radius 2 is 1.81 bits per heavy atom. The minimum atomic E-state index is -3.62. The lowest BCUT2D eigenvalue weighted by atomic mass is 10.1. The molecule has 2 aromatic carbocycles. The number of amides is 2. The van der Waals surface area contributed by atoms with Gasteiger partial charge in [-0.1, -0.05) is 41.4 Å². The minimum Gasteiger partial charge on any atom is -0.495 e. The zero-order valence-corrected chi connectivity index (χ0v) is 23.3. The van der Waals surface area contributed by atoms with E-state index in [1.54, 1.807) is 24.0 Å². The fourth-order valence-electron chi connectivity index (χ4n) is 3.81. The fraction of sp³-hybridized carbons (Fsp3) is 0.462. The number of anilines is 1. The van der Waals surface area contributed by atoms with Crippen molar-refractivity contribution in [1.82, 2.24) is 10.2 Å². The molecule has 0 unspecified atom stereocenters. The molecule has 0 aliphatic heterocycles. The summed E-state index contributed by atoms with van der Waals surface area (Å²) in [4.78, 5) is 27.6. The van der Waals surface area contributed by atoms with E-state index in [1.165, 1.54) is 17.5 Å². The van der Waals surface area contributed by atoms with Gasteiger partial charge in [0.25, 0.3) is 0 Å². The van der Waals surface area contributed by atoms with Crippen molar-refractivity contribution in [2.45, 2.75) is 59.2 Å². The van der Waals surface area contributed by atoms with Gasteiger partial charge in [-0.2, -0.15) is 0 Å². The van der Waals surface area contributed by atoms with Gasteiger partial charge in [-0.25, -0.2) is 8.42 Å². The summed E-state index contributed by atoms with van der Waals surface area (Å²) in [6.45, 7) is 7.75. The maximum absolute atomic E-state index is 13.3. The number of ether oxygens (including phenoxy) is 1. The van der Waals surface area contributed by atoms with Crippen molar-refractivity contribution >= 4 is 39.1 Å². The molecule has 198 valence electrons. The lowest BCUT2D eigenvalue weighted by molar-refractivity contribution is -0.140. The molecule has 0 bridgehead atoms. The molecule has 8 nitrogen and oxygen atoms in total. The summed E-state index contributed by atoms with van der Waals surface area (Å²) in [5.74, 6) is -0.0368. The molecule has 36 heavy (non-hydrogen) atoms. The van der Waals surface area contributed by atoms with Crippen molar-refractivity contribution in [2.75, 3.05) is 24.2 Å². The Bertz CT molecular complexity index is 1170. The van der Waals surface area contributed by atoms with Gasteiger partial charge < -0.3 is 15.0 Å². The van der Waals surface area contributed by atoms with Crippen molar-refractivity contribution < 1.29 is 22.7 Å². The Morgan fingerprint density at radius 3 is 2.36 bits per heavy atom. The molecule has 2 aromatic rings. The first-order valence-corrected chi connectivity index (χ1v) is 14.0. The monoisotopic (exact) mass is 537 g/mol. The Balaban J connectivity index is 2.19. The molecule has 10 heteroatoms. The van der Waals surface area contributed by atoms with Crippen LogP contribution in [0.25, 0.3) is 0 Å². The van der Waals surface area contributed by atoms with E-state index >= 15 is 0 Å². The molecule has 1 atom stereocenters. The van der Waals surface area contributed by atoms with Crippen molar-refractivity contribution in [3.8, 4) is 5.75 Å². The van der Waals surface area contributed by atoms with E-state index in [0.717, 1.165) is 17.4 Å². The predicted octanol–water partition coefficient (Wildman–Crippen LogP) is 4.15. The van der Waals surface area contributed by atoms with Gasteiger partial charge in [-0.05, 0) is 57.9 Å². The summed E-state index contributed by atoms with van der Waals surface area (Å²) in [7, 11) is -2.15. The molecule has 0 heterocycles. The number of aryl methyl sites for hydroxylation is 1. The van der Waals surface area contributed by atoms with Crippen LogP contribution < -0.4 is 14.4 Å². The van der Waals surface area contributed by atoms with Gasteiger partial charge in [0, 0.05) is 25.6 Å². The summed E-state index contributed by atoms with van der Waals surface area (Å²) >= 11 is 6.19. The molecule has 0 saturated carbocycles. The van der Waals surface area contributed by atoms with Crippen LogP contribution in [0.3, 0.4) is 0 Å². The van der Waals surface area contributed by atoms with E-state index in [1.807, 2.05) is 45.0 Å². The quantitative estimate of drug-likeness (QED) is 0.439. The number of sulfonamides is 1. The molecule has 0 aliphatic carbocycles. The molecule has 0 saturated heterocycles. The molecular weight excluding hydrogens is 502 g/mol. The topological polar surface area (TPSA) is 96.0 Å². The van der Waals surface area contributed by atoms with E-state index < -0.39 is 16.1 Å². The number of nitrogens with zero attached hydrogens (tertiary/aromatic N) is 2. The van der Waals surface area contributed by atoms with Gasteiger partial charge in [0.15, 0.2) is 0 Å². The molecule has 1 N–H and O–H groups in total. The molecule has 0 radical (unpaired) electrons. The lowest BCUT2D eigenvalue weighted by Crippen LogP contribution is -2.49.